The zero-order chi connectivity index (χ0) is 11.8. The molecule has 17 heavy (non-hydrogen) atoms. The van der Waals surface area contributed by atoms with E-state index in [1.54, 1.807) is 0 Å². The number of ether oxygens (including phenoxy) is 1. The van der Waals surface area contributed by atoms with Crippen molar-refractivity contribution < 1.29 is 9.53 Å². The van der Waals surface area contributed by atoms with Crippen LogP contribution in [0.15, 0.2) is 0 Å². The lowest BCUT2D eigenvalue weighted by Gasteiger charge is -2.25. The number of hydrogen-bond acceptors (Lipinski definition) is 3. The van der Waals surface area contributed by atoms with Gasteiger partial charge in [0.05, 0.1) is 0 Å². The van der Waals surface area contributed by atoms with Crippen molar-refractivity contribution in [3.8, 4) is 0 Å². The normalized spacial score (nSPS) is 30.9. The Balaban J connectivity index is 0.00000144. The molecule has 1 aliphatic carbocycles. The van der Waals surface area contributed by atoms with Crippen molar-refractivity contribution in [1.29, 1.82) is 0 Å². The molecule has 0 aromatic rings. The standard InChI is InChI=1S/C12H22N2O2.ClH/c1-12(2,3)16-11(15)13-7-10-8-4-5-9(6-8)14-10;/h8-10,14H,4-7H2,1-3H3,(H,13,15);1H/t8-,9+,10+;/m0./s1. The summed E-state index contributed by atoms with van der Waals surface area (Å²) in [5.41, 5.74) is -0.411. The van der Waals surface area contributed by atoms with E-state index in [0.29, 0.717) is 18.6 Å². The van der Waals surface area contributed by atoms with Gasteiger partial charge in [0.1, 0.15) is 5.60 Å². The molecule has 4 nitrogen and oxygen atoms in total. The Kier molecular flexibility index (Phi) is 4.67. The van der Waals surface area contributed by atoms with Gasteiger partial charge in [-0.15, -0.1) is 12.4 Å². The quantitative estimate of drug-likeness (QED) is 0.801. The fraction of sp³-hybridized carbons (Fsp3) is 0.917. The third-order valence-electron chi connectivity index (χ3n) is 3.36. The Morgan fingerprint density at radius 1 is 1.41 bits per heavy atom. The fourth-order valence-corrected chi connectivity index (χ4v) is 2.71. The third kappa shape index (κ3) is 4.03. The van der Waals surface area contributed by atoms with Gasteiger partial charge in [-0.3, -0.25) is 0 Å². The van der Waals surface area contributed by atoms with Crippen LogP contribution in [0.4, 0.5) is 4.79 Å². The number of rotatable bonds is 2. The third-order valence-corrected chi connectivity index (χ3v) is 3.36. The summed E-state index contributed by atoms with van der Waals surface area (Å²) in [5, 5.41) is 6.38. The molecule has 3 atom stereocenters. The highest BCUT2D eigenvalue weighted by Gasteiger charge is 2.38. The first-order valence-electron chi connectivity index (χ1n) is 6.17. The van der Waals surface area contributed by atoms with Crippen LogP contribution in [0.1, 0.15) is 40.0 Å². The highest BCUT2D eigenvalue weighted by atomic mass is 35.5. The van der Waals surface area contributed by atoms with Crippen LogP contribution >= 0.6 is 12.4 Å². The minimum atomic E-state index is -0.411. The maximum Gasteiger partial charge on any atom is 0.407 e. The fourth-order valence-electron chi connectivity index (χ4n) is 2.71. The number of halogens is 1. The molecule has 2 fully saturated rings. The van der Waals surface area contributed by atoms with Crippen LogP contribution in [0.3, 0.4) is 0 Å². The Labute approximate surface area is 109 Å². The van der Waals surface area contributed by atoms with Crippen molar-refractivity contribution in [3.63, 3.8) is 0 Å². The van der Waals surface area contributed by atoms with Crippen LogP contribution in [-0.2, 0) is 4.74 Å². The SMILES string of the molecule is CC(C)(C)OC(=O)NC[C@H]1N[C@@H]2CC[C@H]1C2.Cl. The summed E-state index contributed by atoms with van der Waals surface area (Å²) in [5.74, 6) is 0.750. The average molecular weight is 263 g/mol. The molecular formula is C12H23ClN2O2. The van der Waals surface area contributed by atoms with E-state index in [-0.39, 0.29) is 18.5 Å². The first-order valence-corrected chi connectivity index (χ1v) is 6.17. The van der Waals surface area contributed by atoms with Gasteiger partial charge in [-0.1, -0.05) is 0 Å². The van der Waals surface area contributed by atoms with Crippen molar-refractivity contribution in [3.05, 3.63) is 0 Å². The molecule has 1 saturated heterocycles. The van der Waals surface area contributed by atoms with Gasteiger partial charge < -0.3 is 15.4 Å². The number of carbonyl (C=O) groups excluding carboxylic acids is 1. The maximum absolute atomic E-state index is 11.5. The molecule has 0 aromatic heterocycles. The minimum Gasteiger partial charge on any atom is -0.444 e. The molecule has 2 aliphatic rings. The summed E-state index contributed by atoms with van der Waals surface area (Å²) < 4.78 is 5.20. The highest BCUT2D eigenvalue weighted by Crippen LogP contribution is 2.34. The molecule has 0 unspecified atom stereocenters. The lowest BCUT2D eigenvalue weighted by atomic mass is 10.0. The molecule has 1 heterocycles. The van der Waals surface area contributed by atoms with Crippen LogP contribution in [0, 0.1) is 5.92 Å². The average Bonchev–Trinajstić information content (AvgIpc) is 2.72. The molecule has 100 valence electrons. The van der Waals surface area contributed by atoms with Gasteiger partial charge >= 0.3 is 6.09 Å². The molecule has 1 saturated carbocycles. The van der Waals surface area contributed by atoms with Gasteiger partial charge in [0.15, 0.2) is 0 Å². The van der Waals surface area contributed by atoms with Crippen LogP contribution in [0.25, 0.3) is 0 Å². The number of alkyl carbamates (subject to hydrolysis) is 1. The Hall–Kier alpha value is -0.480. The second-order valence-electron chi connectivity index (χ2n) is 5.93. The first-order chi connectivity index (χ1) is 7.44. The smallest absolute Gasteiger partial charge is 0.407 e. The zero-order valence-electron chi connectivity index (χ0n) is 10.8. The Morgan fingerprint density at radius 3 is 2.59 bits per heavy atom. The predicted octanol–water partition coefficient (Wildman–Crippen LogP) is 2.07. The van der Waals surface area contributed by atoms with E-state index in [9.17, 15) is 4.79 Å². The molecule has 1 amide bonds. The molecule has 1 aliphatic heterocycles. The number of nitrogens with one attached hydrogen (secondary N) is 2. The minimum absolute atomic E-state index is 0. The molecule has 0 radical (unpaired) electrons. The van der Waals surface area contributed by atoms with Gasteiger partial charge in [0, 0.05) is 18.6 Å². The van der Waals surface area contributed by atoms with E-state index >= 15 is 0 Å². The number of piperidine rings is 1. The largest absolute Gasteiger partial charge is 0.444 e. The topological polar surface area (TPSA) is 50.4 Å². The second kappa shape index (κ2) is 5.44. The summed E-state index contributed by atoms with van der Waals surface area (Å²) in [6.45, 7) is 6.32. The summed E-state index contributed by atoms with van der Waals surface area (Å²) in [4.78, 5) is 11.5. The lowest BCUT2D eigenvalue weighted by molar-refractivity contribution is 0.0519. The van der Waals surface area contributed by atoms with E-state index in [4.69, 9.17) is 4.74 Å². The van der Waals surface area contributed by atoms with E-state index < -0.39 is 5.60 Å². The zero-order valence-corrected chi connectivity index (χ0v) is 11.6. The van der Waals surface area contributed by atoms with Crippen LogP contribution in [-0.4, -0.2) is 30.3 Å². The van der Waals surface area contributed by atoms with Gasteiger partial charge in [-0.2, -0.15) is 0 Å². The van der Waals surface area contributed by atoms with E-state index in [1.807, 2.05) is 20.8 Å². The second-order valence-corrected chi connectivity index (χ2v) is 5.93. The molecule has 5 heteroatoms. The number of amides is 1. The summed E-state index contributed by atoms with van der Waals surface area (Å²) >= 11 is 0. The van der Waals surface area contributed by atoms with Crippen LogP contribution in [0.2, 0.25) is 0 Å². The first kappa shape index (κ1) is 14.6. The molecular weight excluding hydrogens is 240 g/mol. The summed E-state index contributed by atoms with van der Waals surface area (Å²) in [6, 6.07) is 1.14. The maximum atomic E-state index is 11.5. The van der Waals surface area contributed by atoms with Crippen molar-refractivity contribution in [2.24, 2.45) is 5.92 Å². The van der Waals surface area contributed by atoms with Crippen molar-refractivity contribution in [2.75, 3.05) is 6.54 Å². The lowest BCUT2D eigenvalue weighted by Crippen LogP contribution is -2.45. The molecule has 2 N–H and O–H groups in total. The molecule has 0 spiro atoms. The summed E-state index contributed by atoms with van der Waals surface area (Å²) in [6.07, 6.45) is 3.57. The number of carbonyl (C=O) groups is 1. The Bertz CT molecular complexity index is 278. The predicted molar refractivity (Wildman–Crippen MR) is 69.5 cm³/mol. The van der Waals surface area contributed by atoms with Crippen LogP contribution < -0.4 is 10.6 Å². The molecule has 2 rings (SSSR count). The number of hydrogen-bond donors (Lipinski definition) is 2. The van der Waals surface area contributed by atoms with Gasteiger partial charge in [0.25, 0.3) is 0 Å². The summed E-state index contributed by atoms with van der Waals surface area (Å²) in [7, 11) is 0. The number of fused-ring (bicyclic) bond motifs is 2. The van der Waals surface area contributed by atoms with Crippen molar-refractivity contribution in [2.45, 2.75) is 57.7 Å². The van der Waals surface area contributed by atoms with E-state index in [2.05, 4.69) is 10.6 Å². The monoisotopic (exact) mass is 262 g/mol. The van der Waals surface area contributed by atoms with Crippen LogP contribution in [0.5, 0.6) is 0 Å². The van der Waals surface area contributed by atoms with E-state index in [0.717, 1.165) is 5.92 Å². The van der Waals surface area contributed by atoms with Crippen molar-refractivity contribution >= 4 is 18.5 Å². The highest BCUT2D eigenvalue weighted by molar-refractivity contribution is 5.85. The van der Waals surface area contributed by atoms with Gasteiger partial charge in [0.2, 0.25) is 0 Å². The van der Waals surface area contributed by atoms with Gasteiger partial charge in [-0.25, -0.2) is 4.79 Å². The molecule has 0 aromatic carbocycles. The molecule has 2 bridgehead atoms. The Morgan fingerprint density at radius 2 is 2.12 bits per heavy atom. The van der Waals surface area contributed by atoms with E-state index in [1.165, 1.54) is 19.3 Å². The van der Waals surface area contributed by atoms with Crippen molar-refractivity contribution in [1.82, 2.24) is 10.6 Å². The van der Waals surface area contributed by atoms with Gasteiger partial charge in [-0.05, 0) is 46.0 Å².